The lowest BCUT2D eigenvalue weighted by Gasteiger charge is -2.18. The van der Waals surface area contributed by atoms with Gasteiger partial charge in [0.15, 0.2) is 0 Å². The average molecular weight is 296 g/mol. The summed E-state index contributed by atoms with van der Waals surface area (Å²) in [5.41, 5.74) is 1.32. The fraction of sp³-hybridized carbons (Fsp3) is 0.400. The molecular formula is C15H18F2N2S. The highest BCUT2D eigenvalue weighted by Crippen LogP contribution is 2.24. The monoisotopic (exact) mass is 296 g/mol. The van der Waals surface area contributed by atoms with Crippen LogP contribution < -0.4 is 5.32 Å². The first kappa shape index (κ1) is 15.1. The standard InChI is InChI=1S/C15H18F2N2S/c1-3-6-18-14(8-15-19-10(2)9-20-15)12-7-11(16)4-5-13(12)17/h4-5,7,9,14,18H,3,6,8H2,1-2H3. The molecule has 0 radical (unpaired) electrons. The molecule has 1 aromatic heterocycles. The molecule has 0 bridgehead atoms. The average Bonchev–Trinajstić information content (AvgIpc) is 2.83. The van der Waals surface area contributed by atoms with Crippen molar-refractivity contribution in [3.05, 3.63) is 51.5 Å². The van der Waals surface area contributed by atoms with Gasteiger partial charge in [0.25, 0.3) is 0 Å². The van der Waals surface area contributed by atoms with Gasteiger partial charge in [-0.15, -0.1) is 11.3 Å². The molecule has 1 aromatic carbocycles. The maximum Gasteiger partial charge on any atom is 0.128 e. The Kier molecular flexibility index (Phi) is 5.20. The smallest absolute Gasteiger partial charge is 0.128 e. The van der Waals surface area contributed by atoms with Crippen LogP contribution in [-0.2, 0) is 6.42 Å². The van der Waals surface area contributed by atoms with Gasteiger partial charge in [0.05, 0.1) is 5.01 Å². The Hall–Kier alpha value is -1.33. The summed E-state index contributed by atoms with van der Waals surface area (Å²) in [6.45, 7) is 4.72. The Balaban J connectivity index is 2.24. The lowest BCUT2D eigenvalue weighted by molar-refractivity contribution is 0.490. The molecule has 0 amide bonds. The van der Waals surface area contributed by atoms with E-state index in [1.54, 1.807) is 11.3 Å². The van der Waals surface area contributed by atoms with Crippen LogP contribution in [0.25, 0.3) is 0 Å². The van der Waals surface area contributed by atoms with Crippen LogP contribution in [0.3, 0.4) is 0 Å². The zero-order valence-corrected chi connectivity index (χ0v) is 12.4. The van der Waals surface area contributed by atoms with Crippen LogP contribution in [0.5, 0.6) is 0 Å². The fourth-order valence-electron chi connectivity index (χ4n) is 2.06. The molecule has 1 unspecified atom stereocenters. The van der Waals surface area contributed by atoms with Crippen LogP contribution in [0.1, 0.15) is 35.7 Å². The summed E-state index contributed by atoms with van der Waals surface area (Å²) in [7, 11) is 0. The number of hydrogen-bond acceptors (Lipinski definition) is 3. The molecule has 2 nitrogen and oxygen atoms in total. The van der Waals surface area contributed by atoms with Crippen molar-refractivity contribution in [2.24, 2.45) is 0 Å². The first-order chi connectivity index (χ1) is 9.60. The van der Waals surface area contributed by atoms with Crippen LogP contribution in [0.15, 0.2) is 23.6 Å². The second-order valence-corrected chi connectivity index (χ2v) is 5.70. The third-order valence-electron chi connectivity index (χ3n) is 3.02. The Morgan fingerprint density at radius 3 is 2.80 bits per heavy atom. The summed E-state index contributed by atoms with van der Waals surface area (Å²) < 4.78 is 27.3. The van der Waals surface area contributed by atoms with E-state index in [0.717, 1.165) is 29.7 Å². The van der Waals surface area contributed by atoms with Crippen molar-refractivity contribution < 1.29 is 8.78 Å². The van der Waals surface area contributed by atoms with Gasteiger partial charge in [-0.25, -0.2) is 13.8 Å². The van der Waals surface area contributed by atoms with Crippen molar-refractivity contribution in [1.29, 1.82) is 0 Å². The molecule has 20 heavy (non-hydrogen) atoms. The first-order valence-corrected chi connectivity index (χ1v) is 7.57. The van der Waals surface area contributed by atoms with Gasteiger partial charge < -0.3 is 5.32 Å². The van der Waals surface area contributed by atoms with E-state index in [9.17, 15) is 8.78 Å². The van der Waals surface area contributed by atoms with E-state index >= 15 is 0 Å². The number of rotatable bonds is 6. The van der Waals surface area contributed by atoms with Gasteiger partial charge >= 0.3 is 0 Å². The Morgan fingerprint density at radius 1 is 1.35 bits per heavy atom. The molecule has 1 N–H and O–H groups in total. The van der Waals surface area contributed by atoms with Crippen molar-refractivity contribution in [3.63, 3.8) is 0 Å². The Labute approximate surface area is 121 Å². The second kappa shape index (κ2) is 6.90. The van der Waals surface area contributed by atoms with Crippen LogP contribution in [0.2, 0.25) is 0 Å². The molecule has 0 spiro atoms. The first-order valence-electron chi connectivity index (χ1n) is 6.69. The largest absolute Gasteiger partial charge is 0.309 e. The van der Waals surface area contributed by atoms with E-state index in [1.165, 1.54) is 12.1 Å². The molecule has 0 aliphatic heterocycles. The molecule has 0 aliphatic rings. The quantitative estimate of drug-likeness (QED) is 0.871. The number of nitrogens with zero attached hydrogens (tertiary/aromatic N) is 1. The zero-order chi connectivity index (χ0) is 14.5. The van der Waals surface area contributed by atoms with E-state index in [1.807, 2.05) is 19.2 Å². The van der Waals surface area contributed by atoms with E-state index in [0.29, 0.717) is 12.0 Å². The van der Waals surface area contributed by atoms with Crippen LogP contribution in [0.4, 0.5) is 8.78 Å². The predicted octanol–water partition coefficient (Wildman–Crippen LogP) is 4.01. The fourth-order valence-corrected chi connectivity index (χ4v) is 2.88. The lowest BCUT2D eigenvalue weighted by atomic mass is 10.0. The highest BCUT2D eigenvalue weighted by molar-refractivity contribution is 7.09. The molecule has 1 atom stereocenters. The van der Waals surface area contributed by atoms with Crippen LogP contribution in [-0.4, -0.2) is 11.5 Å². The summed E-state index contributed by atoms with van der Waals surface area (Å²) in [5, 5.41) is 6.17. The summed E-state index contributed by atoms with van der Waals surface area (Å²) in [6.07, 6.45) is 1.50. The third kappa shape index (κ3) is 3.84. The van der Waals surface area contributed by atoms with Gasteiger partial charge in [-0.2, -0.15) is 0 Å². The SMILES string of the molecule is CCCNC(Cc1nc(C)cs1)c1cc(F)ccc1F. The summed E-state index contributed by atoms with van der Waals surface area (Å²) in [4.78, 5) is 4.40. The van der Waals surface area contributed by atoms with Gasteiger partial charge in [-0.1, -0.05) is 6.92 Å². The number of halogens is 2. The van der Waals surface area contributed by atoms with Crippen molar-refractivity contribution in [2.45, 2.75) is 32.7 Å². The van der Waals surface area contributed by atoms with Crippen molar-refractivity contribution >= 4 is 11.3 Å². The highest BCUT2D eigenvalue weighted by atomic mass is 32.1. The maximum atomic E-state index is 13.9. The molecule has 0 aliphatic carbocycles. The lowest BCUT2D eigenvalue weighted by Crippen LogP contribution is -2.25. The van der Waals surface area contributed by atoms with Crippen molar-refractivity contribution in [3.8, 4) is 0 Å². The number of nitrogens with one attached hydrogen (secondary N) is 1. The van der Waals surface area contributed by atoms with Gasteiger partial charge in [0.2, 0.25) is 0 Å². The minimum atomic E-state index is -0.417. The second-order valence-electron chi connectivity index (χ2n) is 4.76. The number of thiazole rings is 1. The summed E-state index contributed by atoms with van der Waals surface area (Å²) in [6, 6.07) is 3.33. The van der Waals surface area contributed by atoms with Crippen LogP contribution in [0, 0.1) is 18.6 Å². The van der Waals surface area contributed by atoms with E-state index in [-0.39, 0.29) is 11.9 Å². The van der Waals surface area contributed by atoms with E-state index in [4.69, 9.17) is 0 Å². The normalized spacial score (nSPS) is 12.6. The minimum absolute atomic E-state index is 0.254. The minimum Gasteiger partial charge on any atom is -0.309 e. The van der Waals surface area contributed by atoms with Gasteiger partial charge in [-0.05, 0) is 38.1 Å². The molecule has 0 fully saturated rings. The van der Waals surface area contributed by atoms with Gasteiger partial charge in [0, 0.05) is 29.1 Å². The topological polar surface area (TPSA) is 24.9 Å². The Bertz CT molecular complexity index is 569. The zero-order valence-electron chi connectivity index (χ0n) is 11.6. The summed E-state index contributed by atoms with van der Waals surface area (Å²) in [5.74, 6) is -0.798. The number of aryl methyl sites for hydroxylation is 1. The molecule has 2 rings (SSSR count). The number of aromatic nitrogens is 1. The van der Waals surface area contributed by atoms with E-state index < -0.39 is 5.82 Å². The molecule has 1 heterocycles. The molecule has 0 saturated heterocycles. The number of benzene rings is 1. The predicted molar refractivity (Wildman–Crippen MR) is 77.9 cm³/mol. The van der Waals surface area contributed by atoms with Gasteiger partial charge in [0.1, 0.15) is 11.6 Å². The molecule has 2 aromatic rings. The van der Waals surface area contributed by atoms with Gasteiger partial charge in [-0.3, -0.25) is 0 Å². The highest BCUT2D eigenvalue weighted by Gasteiger charge is 2.18. The van der Waals surface area contributed by atoms with Crippen molar-refractivity contribution in [2.75, 3.05) is 6.54 Å². The van der Waals surface area contributed by atoms with Crippen molar-refractivity contribution in [1.82, 2.24) is 10.3 Å². The molecule has 108 valence electrons. The third-order valence-corrected chi connectivity index (χ3v) is 4.01. The number of hydrogen-bond donors (Lipinski definition) is 1. The summed E-state index contributed by atoms with van der Waals surface area (Å²) >= 11 is 1.55. The Morgan fingerprint density at radius 2 is 2.15 bits per heavy atom. The maximum absolute atomic E-state index is 13.9. The molecule has 0 saturated carbocycles. The van der Waals surface area contributed by atoms with E-state index in [2.05, 4.69) is 10.3 Å². The molecule has 5 heteroatoms. The van der Waals surface area contributed by atoms with Crippen LogP contribution >= 0.6 is 11.3 Å². The molecular weight excluding hydrogens is 278 g/mol.